The average molecular weight is 392 g/mol. The second kappa shape index (κ2) is 5.65. The zero-order chi connectivity index (χ0) is 18.3. The Morgan fingerprint density at radius 2 is 1.26 bits per heavy atom. The van der Waals surface area contributed by atoms with Gasteiger partial charge >= 0.3 is 32.5 Å². The van der Waals surface area contributed by atoms with Gasteiger partial charge in [-0.2, -0.15) is 43.5 Å². The van der Waals surface area contributed by atoms with Gasteiger partial charge in [0, 0.05) is 5.69 Å². The van der Waals surface area contributed by atoms with Gasteiger partial charge in [0.2, 0.25) is 0 Å². The first-order valence-corrected chi connectivity index (χ1v) is 7.21. The molecular formula is C10H6ClF8NO2S. The van der Waals surface area contributed by atoms with Gasteiger partial charge < -0.3 is 0 Å². The van der Waals surface area contributed by atoms with E-state index in [0.717, 1.165) is 29.0 Å². The highest BCUT2D eigenvalue weighted by Gasteiger charge is 2.84. The molecule has 23 heavy (non-hydrogen) atoms. The smallest absolute Gasteiger partial charge is 0.278 e. The molecule has 1 aromatic carbocycles. The summed E-state index contributed by atoms with van der Waals surface area (Å²) < 4.78 is 127. The summed E-state index contributed by atoms with van der Waals surface area (Å²) >= 11 is 3.71. The van der Waals surface area contributed by atoms with Crippen LogP contribution in [0.25, 0.3) is 0 Å². The van der Waals surface area contributed by atoms with Crippen LogP contribution in [0.1, 0.15) is 0 Å². The molecule has 0 amide bonds. The number of anilines is 1. The number of para-hydroxylation sites is 1. The Hall–Kier alpha value is -1.30. The molecule has 0 aliphatic heterocycles. The van der Waals surface area contributed by atoms with E-state index in [1.54, 1.807) is 0 Å². The van der Waals surface area contributed by atoms with Crippen molar-refractivity contribution in [3.8, 4) is 0 Å². The van der Waals surface area contributed by atoms with Crippen LogP contribution in [0.15, 0.2) is 30.3 Å². The van der Waals surface area contributed by atoms with Gasteiger partial charge in [0.05, 0.1) is 0 Å². The third kappa shape index (κ3) is 3.18. The van der Waals surface area contributed by atoms with E-state index < -0.39 is 38.2 Å². The number of sulfonamides is 1. The van der Waals surface area contributed by atoms with E-state index >= 15 is 0 Å². The Kier molecular flexibility index (Phi) is 4.85. The van der Waals surface area contributed by atoms with E-state index in [0.29, 0.717) is 0 Å². The maximum atomic E-state index is 13.4. The fourth-order valence-electron chi connectivity index (χ4n) is 1.25. The Morgan fingerprint density at radius 3 is 1.65 bits per heavy atom. The standard InChI is InChI=1S/C10H6ClF8NO2S/c11-9(16,17)7(12,13)8(14,15)10(18,19)23(21,22)20-6-4-2-1-3-5-6/h1-5,20H. The molecule has 0 atom stereocenters. The minimum Gasteiger partial charge on any atom is -0.278 e. The van der Waals surface area contributed by atoms with Crippen molar-refractivity contribution in [1.29, 1.82) is 0 Å². The molecule has 132 valence electrons. The predicted octanol–water partition coefficient (Wildman–Crippen LogP) is 4.12. The first kappa shape index (κ1) is 19.7. The van der Waals surface area contributed by atoms with Crippen molar-refractivity contribution in [2.45, 2.75) is 22.5 Å². The van der Waals surface area contributed by atoms with Crippen LogP contribution in [0.2, 0.25) is 0 Å². The van der Waals surface area contributed by atoms with Crippen LogP contribution in [-0.4, -0.2) is 30.9 Å². The number of nitrogens with one attached hydrogen (secondary N) is 1. The van der Waals surface area contributed by atoms with Crippen molar-refractivity contribution >= 4 is 27.3 Å². The first-order chi connectivity index (χ1) is 10.1. The molecule has 0 radical (unpaired) electrons. The molecule has 13 heteroatoms. The minimum absolute atomic E-state index is 0.677. The minimum atomic E-state index is -7.01. The molecule has 0 saturated carbocycles. The lowest BCUT2D eigenvalue weighted by atomic mass is 10.2. The van der Waals surface area contributed by atoms with Gasteiger partial charge in [-0.3, -0.25) is 4.72 Å². The van der Waals surface area contributed by atoms with Crippen LogP contribution in [0, 0.1) is 0 Å². The summed E-state index contributed by atoms with van der Waals surface area (Å²) in [6.45, 7) is 0. The van der Waals surface area contributed by atoms with E-state index in [1.807, 2.05) is 0 Å². The number of benzene rings is 1. The molecule has 1 rings (SSSR count). The van der Waals surface area contributed by atoms with Crippen LogP contribution in [0.5, 0.6) is 0 Å². The van der Waals surface area contributed by atoms with Crippen molar-refractivity contribution in [2.75, 3.05) is 4.72 Å². The molecule has 0 bridgehead atoms. The Labute approximate surface area is 129 Å². The molecule has 0 unspecified atom stereocenters. The van der Waals surface area contributed by atoms with Crippen LogP contribution < -0.4 is 4.72 Å². The summed E-state index contributed by atoms with van der Waals surface area (Å²) in [6.07, 6.45) is 0. The van der Waals surface area contributed by atoms with Crippen LogP contribution >= 0.6 is 11.6 Å². The lowest BCUT2D eigenvalue weighted by Crippen LogP contribution is -2.63. The van der Waals surface area contributed by atoms with Crippen molar-refractivity contribution in [2.24, 2.45) is 0 Å². The van der Waals surface area contributed by atoms with E-state index in [2.05, 4.69) is 11.6 Å². The predicted molar refractivity (Wildman–Crippen MR) is 64.6 cm³/mol. The molecule has 0 aliphatic rings. The molecule has 0 saturated heterocycles. The largest absolute Gasteiger partial charge is 0.432 e. The third-order valence-corrected chi connectivity index (χ3v) is 4.15. The summed E-state index contributed by atoms with van der Waals surface area (Å²) in [4.78, 5) is 0. The molecule has 0 heterocycles. The monoisotopic (exact) mass is 391 g/mol. The maximum Gasteiger partial charge on any atom is 0.432 e. The third-order valence-electron chi connectivity index (χ3n) is 2.48. The molecule has 1 aromatic rings. The quantitative estimate of drug-likeness (QED) is 0.585. The van der Waals surface area contributed by atoms with Gasteiger partial charge in [0.1, 0.15) is 0 Å². The second-order valence-electron chi connectivity index (χ2n) is 4.13. The summed E-state index contributed by atoms with van der Waals surface area (Å²) in [5, 5.41) is -12.7. The molecular weight excluding hydrogens is 386 g/mol. The summed E-state index contributed by atoms with van der Waals surface area (Å²) in [6, 6.07) is 5.18. The molecule has 0 aromatic heterocycles. The SMILES string of the molecule is O=S(=O)(Nc1ccccc1)C(F)(F)C(F)(F)C(F)(F)C(F)(F)Cl. The number of hydrogen-bond donors (Lipinski definition) is 1. The van der Waals surface area contributed by atoms with E-state index in [-0.39, 0.29) is 0 Å². The zero-order valence-corrected chi connectivity index (χ0v) is 12.1. The molecule has 3 nitrogen and oxygen atoms in total. The first-order valence-electron chi connectivity index (χ1n) is 5.35. The highest BCUT2D eigenvalue weighted by molar-refractivity contribution is 7.93. The van der Waals surface area contributed by atoms with Gasteiger partial charge in [0.15, 0.2) is 0 Å². The highest BCUT2D eigenvalue weighted by Crippen LogP contribution is 2.55. The highest BCUT2D eigenvalue weighted by atomic mass is 35.5. The van der Waals surface area contributed by atoms with Crippen LogP contribution in [0.3, 0.4) is 0 Å². The van der Waals surface area contributed by atoms with Crippen molar-refractivity contribution in [3.63, 3.8) is 0 Å². The lowest BCUT2D eigenvalue weighted by Gasteiger charge is -2.33. The summed E-state index contributed by atoms with van der Waals surface area (Å²) in [5.74, 6) is -13.9. The summed E-state index contributed by atoms with van der Waals surface area (Å²) in [5.41, 5.74) is -0.677. The fourth-order valence-corrected chi connectivity index (χ4v) is 2.41. The summed E-state index contributed by atoms with van der Waals surface area (Å²) in [7, 11) is -6.52. The normalized spacial score (nSPS) is 14.7. The Bertz CT molecular complexity index is 659. The fraction of sp³-hybridized carbons (Fsp3) is 0.400. The van der Waals surface area contributed by atoms with Gasteiger partial charge in [-0.1, -0.05) is 18.2 Å². The van der Waals surface area contributed by atoms with Gasteiger partial charge in [-0.05, 0) is 23.7 Å². The van der Waals surface area contributed by atoms with Crippen molar-refractivity contribution < 1.29 is 43.5 Å². The van der Waals surface area contributed by atoms with Crippen molar-refractivity contribution in [1.82, 2.24) is 0 Å². The topological polar surface area (TPSA) is 46.2 Å². The van der Waals surface area contributed by atoms with Gasteiger partial charge in [0.25, 0.3) is 0 Å². The zero-order valence-electron chi connectivity index (χ0n) is 10.5. The average Bonchev–Trinajstić information content (AvgIpc) is 2.37. The van der Waals surface area contributed by atoms with E-state index in [9.17, 15) is 43.5 Å². The Balaban J connectivity index is 3.33. The number of rotatable bonds is 6. The van der Waals surface area contributed by atoms with Gasteiger partial charge in [-0.15, -0.1) is 0 Å². The van der Waals surface area contributed by atoms with Crippen LogP contribution in [-0.2, 0) is 10.0 Å². The number of hydrogen-bond acceptors (Lipinski definition) is 2. The molecule has 0 fully saturated rings. The molecule has 0 aliphatic carbocycles. The molecule has 0 spiro atoms. The van der Waals surface area contributed by atoms with Gasteiger partial charge in [-0.25, -0.2) is 0 Å². The Morgan fingerprint density at radius 1 is 0.826 bits per heavy atom. The van der Waals surface area contributed by atoms with Crippen LogP contribution in [0.4, 0.5) is 40.8 Å². The molecule has 1 N–H and O–H groups in total. The maximum absolute atomic E-state index is 13.4. The van der Waals surface area contributed by atoms with E-state index in [1.165, 1.54) is 6.07 Å². The number of alkyl halides is 9. The second-order valence-corrected chi connectivity index (χ2v) is 6.33. The van der Waals surface area contributed by atoms with Crippen molar-refractivity contribution in [3.05, 3.63) is 30.3 Å². The van der Waals surface area contributed by atoms with E-state index in [4.69, 9.17) is 0 Å². The number of halogens is 9. The lowest BCUT2D eigenvalue weighted by molar-refractivity contribution is -0.326.